The number of rotatable bonds is 3. The predicted molar refractivity (Wildman–Crippen MR) is 105 cm³/mol. The summed E-state index contributed by atoms with van der Waals surface area (Å²) in [6.07, 6.45) is 4.66. The van der Waals surface area contributed by atoms with Gasteiger partial charge in [0, 0.05) is 25.3 Å². The highest BCUT2D eigenvalue weighted by Gasteiger charge is 2.32. The number of amides is 1. The third-order valence-corrected chi connectivity index (χ3v) is 7.70. The Morgan fingerprint density at radius 3 is 3.00 bits per heavy atom. The fraction of sp³-hybridized carbons (Fsp3) is 0.611. The van der Waals surface area contributed by atoms with Crippen LogP contribution in [0, 0.1) is 6.92 Å². The van der Waals surface area contributed by atoms with Gasteiger partial charge in [0.15, 0.2) is 0 Å². The molecule has 0 bridgehead atoms. The Labute approximate surface area is 160 Å². The van der Waals surface area contributed by atoms with E-state index in [1.54, 1.807) is 16.3 Å². The lowest BCUT2D eigenvalue weighted by atomic mass is 10.0. The number of nitrogens with one attached hydrogen (secondary N) is 1. The number of thiophene rings is 1. The molecule has 140 valence electrons. The number of fused-ring (bicyclic) bond motifs is 2. The monoisotopic (exact) mass is 393 g/mol. The summed E-state index contributed by atoms with van der Waals surface area (Å²) >= 11 is 2.98. The minimum Gasteiger partial charge on any atom is -0.387 e. The van der Waals surface area contributed by atoms with Gasteiger partial charge in [0.25, 0.3) is 11.5 Å². The first-order valence-corrected chi connectivity index (χ1v) is 11.1. The van der Waals surface area contributed by atoms with E-state index < -0.39 is 5.60 Å². The highest BCUT2D eigenvalue weighted by atomic mass is 32.2. The van der Waals surface area contributed by atoms with Gasteiger partial charge in [0.2, 0.25) is 0 Å². The minimum absolute atomic E-state index is 0.0227. The van der Waals surface area contributed by atoms with E-state index in [-0.39, 0.29) is 18.0 Å². The lowest BCUT2D eigenvalue weighted by Crippen LogP contribution is -2.42. The number of aliphatic hydroxyl groups is 1. The van der Waals surface area contributed by atoms with Crippen LogP contribution in [0.15, 0.2) is 4.79 Å². The van der Waals surface area contributed by atoms with Gasteiger partial charge >= 0.3 is 0 Å². The van der Waals surface area contributed by atoms with Crippen molar-refractivity contribution < 1.29 is 9.90 Å². The van der Waals surface area contributed by atoms with Gasteiger partial charge in [-0.1, -0.05) is 6.42 Å². The molecule has 2 N–H and O–H groups in total. The third kappa shape index (κ3) is 3.18. The van der Waals surface area contributed by atoms with Gasteiger partial charge in [-0.15, -0.1) is 11.3 Å². The van der Waals surface area contributed by atoms with Crippen LogP contribution in [0.4, 0.5) is 0 Å². The standard InChI is InChI=1S/C18H23N3O3S2/c1-11-13-16(20-12-5-3-2-4-7-21(12)17(13)23)26-14(11)15(22)19-9-18(24)6-8-25-10-18/h24H,2-10H2,1H3,(H,19,22)/t18-/m0/s1. The zero-order chi connectivity index (χ0) is 18.3. The maximum Gasteiger partial charge on any atom is 0.262 e. The van der Waals surface area contributed by atoms with Crippen LogP contribution in [0.1, 0.15) is 46.7 Å². The normalized spacial score (nSPS) is 23.0. The van der Waals surface area contributed by atoms with E-state index in [0.717, 1.165) is 37.3 Å². The molecule has 0 aromatic carbocycles. The summed E-state index contributed by atoms with van der Waals surface area (Å²) in [5, 5.41) is 13.8. The van der Waals surface area contributed by atoms with Crippen LogP contribution in [0.3, 0.4) is 0 Å². The molecule has 1 fully saturated rings. The number of hydrogen-bond acceptors (Lipinski definition) is 6. The van der Waals surface area contributed by atoms with Crippen LogP contribution in [0.2, 0.25) is 0 Å². The molecule has 0 radical (unpaired) electrons. The molecule has 0 spiro atoms. The van der Waals surface area contributed by atoms with Gasteiger partial charge in [-0.05, 0) is 37.5 Å². The Kier molecular flexibility index (Phi) is 4.83. The number of thioether (sulfide) groups is 1. The molecule has 2 aromatic rings. The van der Waals surface area contributed by atoms with Gasteiger partial charge in [-0.3, -0.25) is 14.2 Å². The molecule has 8 heteroatoms. The van der Waals surface area contributed by atoms with Crippen molar-refractivity contribution in [2.75, 3.05) is 18.1 Å². The van der Waals surface area contributed by atoms with E-state index in [1.807, 2.05) is 6.92 Å². The summed E-state index contributed by atoms with van der Waals surface area (Å²) in [4.78, 5) is 31.5. The Morgan fingerprint density at radius 2 is 2.23 bits per heavy atom. The number of aromatic nitrogens is 2. The molecule has 6 nitrogen and oxygen atoms in total. The number of aryl methyl sites for hydroxylation is 2. The number of nitrogens with zero attached hydrogens (tertiary/aromatic N) is 2. The first-order valence-electron chi connectivity index (χ1n) is 9.10. The SMILES string of the molecule is Cc1c(C(=O)NC[C@@]2(O)CCSC2)sc2nc3n(c(=O)c12)CCCCC3. The zero-order valence-corrected chi connectivity index (χ0v) is 16.5. The Balaban J connectivity index is 1.66. The largest absolute Gasteiger partial charge is 0.387 e. The van der Waals surface area contributed by atoms with Gasteiger partial charge in [0.05, 0.1) is 15.9 Å². The fourth-order valence-electron chi connectivity index (χ4n) is 3.69. The summed E-state index contributed by atoms with van der Waals surface area (Å²) in [7, 11) is 0. The molecule has 4 heterocycles. The van der Waals surface area contributed by atoms with E-state index >= 15 is 0 Å². The zero-order valence-electron chi connectivity index (χ0n) is 14.8. The topological polar surface area (TPSA) is 84.2 Å². The summed E-state index contributed by atoms with van der Waals surface area (Å²) in [5.74, 6) is 2.18. The summed E-state index contributed by atoms with van der Waals surface area (Å²) in [6, 6.07) is 0. The molecule has 1 saturated heterocycles. The average Bonchev–Trinajstić information content (AvgIpc) is 3.09. The van der Waals surface area contributed by atoms with Crippen LogP contribution in [-0.2, 0) is 13.0 Å². The lowest BCUT2D eigenvalue weighted by Gasteiger charge is -2.21. The van der Waals surface area contributed by atoms with Crippen LogP contribution in [0.25, 0.3) is 10.2 Å². The smallest absolute Gasteiger partial charge is 0.262 e. The molecule has 4 rings (SSSR count). The molecular weight excluding hydrogens is 370 g/mol. The minimum atomic E-state index is -0.819. The third-order valence-electron chi connectivity index (χ3n) is 5.28. The number of carbonyl (C=O) groups is 1. The van der Waals surface area contributed by atoms with Crippen LogP contribution < -0.4 is 10.9 Å². The lowest BCUT2D eigenvalue weighted by molar-refractivity contribution is 0.0614. The van der Waals surface area contributed by atoms with Crippen molar-refractivity contribution in [3.05, 3.63) is 26.6 Å². The van der Waals surface area contributed by atoms with Crippen molar-refractivity contribution in [2.45, 2.75) is 51.2 Å². The molecule has 0 aliphatic carbocycles. The molecule has 0 unspecified atom stereocenters. The van der Waals surface area contributed by atoms with E-state index in [4.69, 9.17) is 4.98 Å². The van der Waals surface area contributed by atoms with Crippen LogP contribution in [-0.4, -0.2) is 44.2 Å². The Hall–Kier alpha value is -1.38. The predicted octanol–water partition coefficient (Wildman–Crippen LogP) is 2.09. The second-order valence-corrected chi connectivity index (χ2v) is 9.35. The maximum absolute atomic E-state index is 13.0. The Morgan fingerprint density at radius 1 is 1.38 bits per heavy atom. The van der Waals surface area contributed by atoms with Crippen molar-refractivity contribution >= 4 is 39.2 Å². The number of carbonyl (C=O) groups excluding carboxylic acids is 1. The highest BCUT2D eigenvalue weighted by molar-refractivity contribution is 7.99. The Bertz CT molecular complexity index is 913. The summed E-state index contributed by atoms with van der Waals surface area (Å²) in [6.45, 7) is 2.77. The van der Waals surface area contributed by atoms with Crippen LogP contribution >= 0.6 is 23.1 Å². The van der Waals surface area contributed by atoms with Gasteiger partial charge in [-0.2, -0.15) is 11.8 Å². The van der Waals surface area contributed by atoms with Crippen molar-refractivity contribution in [3.63, 3.8) is 0 Å². The molecule has 1 amide bonds. The van der Waals surface area contributed by atoms with E-state index in [1.165, 1.54) is 11.3 Å². The van der Waals surface area contributed by atoms with Crippen LogP contribution in [0.5, 0.6) is 0 Å². The molecule has 0 saturated carbocycles. The summed E-state index contributed by atoms with van der Waals surface area (Å²) in [5.41, 5.74) is -0.141. The highest BCUT2D eigenvalue weighted by Crippen LogP contribution is 2.30. The first-order chi connectivity index (χ1) is 12.5. The van der Waals surface area contributed by atoms with Crippen molar-refractivity contribution in [3.8, 4) is 0 Å². The second kappa shape index (κ2) is 6.98. The average molecular weight is 394 g/mol. The molecular formula is C18H23N3O3S2. The van der Waals surface area contributed by atoms with E-state index in [9.17, 15) is 14.7 Å². The molecule has 1 atom stereocenters. The molecule has 26 heavy (non-hydrogen) atoms. The van der Waals surface area contributed by atoms with Crippen molar-refractivity contribution in [2.24, 2.45) is 0 Å². The maximum atomic E-state index is 13.0. The van der Waals surface area contributed by atoms with Gasteiger partial charge < -0.3 is 10.4 Å². The van der Waals surface area contributed by atoms with Gasteiger partial charge in [0.1, 0.15) is 10.7 Å². The molecule has 2 aliphatic rings. The second-order valence-electron chi connectivity index (χ2n) is 7.24. The van der Waals surface area contributed by atoms with E-state index in [0.29, 0.717) is 39.4 Å². The number of hydrogen-bond donors (Lipinski definition) is 2. The van der Waals surface area contributed by atoms with Gasteiger partial charge in [-0.25, -0.2) is 4.98 Å². The van der Waals surface area contributed by atoms with Crippen molar-refractivity contribution in [1.82, 2.24) is 14.9 Å². The fourth-order valence-corrected chi connectivity index (χ4v) is 6.09. The quantitative estimate of drug-likeness (QED) is 0.834. The van der Waals surface area contributed by atoms with E-state index in [2.05, 4.69) is 5.32 Å². The van der Waals surface area contributed by atoms with Crippen molar-refractivity contribution in [1.29, 1.82) is 0 Å². The first kappa shape index (κ1) is 18.0. The molecule has 2 aromatic heterocycles. The summed E-state index contributed by atoms with van der Waals surface area (Å²) < 4.78 is 1.79. The molecule has 2 aliphatic heterocycles.